The van der Waals surface area contributed by atoms with Crippen LogP contribution in [0.4, 0.5) is 0 Å². The van der Waals surface area contributed by atoms with E-state index in [0.717, 1.165) is 38.2 Å². The van der Waals surface area contributed by atoms with Crippen LogP contribution in [-0.4, -0.2) is 0 Å². The van der Waals surface area contributed by atoms with Crippen LogP contribution in [0.2, 0.25) is 0 Å². The van der Waals surface area contributed by atoms with Crippen LogP contribution in [-0.2, 0) is 18.2 Å². The molecule has 5 aromatic rings. The molecule has 6 rings (SSSR count). The Bertz CT molecular complexity index is 1470. The van der Waals surface area contributed by atoms with Crippen LogP contribution in [0.15, 0.2) is 97.1 Å². The minimum Gasteiger partial charge on any atom is -0.407 e. The molecule has 0 atom stereocenters. The molecule has 1 aliphatic rings. The molecule has 5 aromatic carbocycles. The summed E-state index contributed by atoms with van der Waals surface area (Å²) in [6, 6.07) is 32.6. The van der Waals surface area contributed by atoms with Crippen LogP contribution in [0.1, 0.15) is 16.7 Å². The van der Waals surface area contributed by atoms with Gasteiger partial charge in [0.25, 0.3) is 0 Å². The van der Waals surface area contributed by atoms with Gasteiger partial charge >= 0.3 is 6.72 Å². The van der Waals surface area contributed by atoms with Gasteiger partial charge < -0.3 is 13.6 Å². The highest BCUT2D eigenvalue weighted by Gasteiger charge is 2.32. The zero-order valence-corrected chi connectivity index (χ0v) is 19.7. The summed E-state index contributed by atoms with van der Waals surface area (Å²) in [5.41, 5.74) is 3.33. The monoisotopic (exact) mass is 468 g/mol. The molecule has 0 N–H and O–H groups in total. The van der Waals surface area contributed by atoms with Crippen LogP contribution in [0, 0.1) is 6.92 Å². The molecule has 5 heteroatoms. The van der Waals surface area contributed by atoms with Crippen molar-refractivity contribution in [2.75, 3.05) is 0 Å². The second kappa shape index (κ2) is 7.91. The molecule has 0 bridgehead atoms. The number of benzene rings is 5. The van der Waals surface area contributed by atoms with Gasteiger partial charge in [0, 0.05) is 29.4 Å². The number of hydrogen-bond donors (Lipinski definition) is 0. The normalized spacial score (nSPS) is 14.3. The molecule has 0 fully saturated rings. The zero-order valence-electron chi connectivity index (χ0n) is 18.0. The van der Waals surface area contributed by atoms with Gasteiger partial charge in [0.1, 0.15) is 17.2 Å². The lowest BCUT2D eigenvalue weighted by Gasteiger charge is -2.29. The van der Waals surface area contributed by atoms with Gasteiger partial charge in [-0.15, -0.1) is 0 Å². The lowest BCUT2D eigenvalue weighted by Crippen LogP contribution is -2.12. The second-order valence-electron chi connectivity index (χ2n) is 8.24. The average molecular weight is 469 g/mol. The lowest BCUT2D eigenvalue weighted by molar-refractivity contribution is 0.378. The SMILES string of the molecule is Cc1ccc(OP2(=S)Oc3ccc4ccccc4c3Cc3c(ccc4ccccc34)O2)cc1. The summed E-state index contributed by atoms with van der Waals surface area (Å²) in [5.74, 6) is 2.06. The van der Waals surface area contributed by atoms with Crippen LogP contribution in [0.3, 0.4) is 0 Å². The smallest absolute Gasteiger partial charge is 0.407 e. The van der Waals surface area contributed by atoms with E-state index in [9.17, 15) is 0 Å². The standard InChI is InChI=1S/C28H21O3PS/c1-19-10-14-22(15-11-19)29-32(33)30-27-16-12-20-6-2-4-8-23(20)25(27)18-26-24-9-5-3-7-21(24)13-17-28(26)31-32/h2-17H,18H2,1H3. The Morgan fingerprint density at radius 1 is 0.667 bits per heavy atom. The first kappa shape index (κ1) is 20.3. The van der Waals surface area contributed by atoms with Crippen molar-refractivity contribution < 1.29 is 13.6 Å². The van der Waals surface area contributed by atoms with Gasteiger partial charge in [0.05, 0.1) is 0 Å². The number of fused-ring (bicyclic) bond motifs is 6. The molecule has 162 valence electrons. The summed E-state index contributed by atoms with van der Waals surface area (Å²) in [6.45, 7) is -1.17. The third-order valence-corrected chi connectivity index (χ3v) is 7.95. The largest absolute Gasteiger partial charge is 0.490 e. The Morgan fingerprint density at radius 2 is 1.18 bits per heavy atom. The van der Waals surface area contributed by atoms with Gasteiger partial charge in [-0.05, 0) is 52.7 Å². The summed E-state index contributed by atoms with van der Waals surface area (Å²) in [6.07, 6.45) is 0.674. The predicted octanol–water partition coefficient (Wildman–Crippen LogP) is 7.97. The van der Waals surface area contributed by atoms with E-state index in [2.05, 4.69) is 60.7 Å². The molecular weight excluding hydrogens is 447 g/mol. The van der Waals surface area contributed by atoms with Gasteiger partial charge in [0.15, 0.2) is 0 Å². The molecule has 0 saturated carbocycles. The summed E-state index contributed by atoms with van der Waals surface area (Å²) >= 11 is 5.96. The molecule has 0 aliphatic carbocycles. The Balaban J connectivity index is 1.58. The number of rotatable bonds is 2. The maximum absolute atomic E-state index is 6.42. The van der Waals surface area contributed by atoms with E-state index in [1.807, 2.05) is 43.3 Å². The molecule has 3 nitrogen and oxygen atoms in total. The Kier molecular flexibility index (Phi) is 4.86. The second-order valence-corrected chi connectivity index (χ2v) is 11.0. The van der Waals surface area contributed by atoms with E-state index < -0.39 is 6.72 Å². The number of aryl methyl sites for hydroxylation is 1. The topological polar surface area (TPSA) is 27.7 Å². The quantitative estimate of drug-likeness (QED) is 0.246. The van der Waals surface area contributed by atoms with E-state index in [4.69, 9.17) is 25.4 Å². The first-order chi connectivity index (χ1) is 16.1. The van der Waals surface area contributed by atoms with Crippen molar-refractivity contribution in [3.05, 3.63) is 114 Å². The van der Waals surface area contributed by atoms with Gasteiger partial charge in [-0.1, -0.05) is 78.4 Å². The Hall–Kier alpha value is -3.33. The van der Waals surface area contributed by atoms with Crippen molar-refractivity contribution in [1.82, 2.24) is 0 Å². The lowest BCUT2D eigenvalue weighted by atomic mass is 9.93. The third-order valence-electron chi connectivity index (χ3n) is 6.01. The highest BCUT2D eigenvalue weighted by molar-refractivity contribution is 8.08. The molecule has 33 heavy (non-hydrogen) atoms. The molecule has 0 amide bonds. The maximum Gasteiger partial charge on any atom is 0.490 e. The fourth-order valence-corrected chi connectivity index (χ4v) is 6.43. The molecule has 1 aliphatic heterocycles. The zero-order chi connectivity index (χ0) is 22.4. The van der Waals surface area contributed by atoms with Crippen molar-refractivity contribution in [2.45, 2.75) is 13.3 Å². The van der Waals surface area contributed by atoms with E-state index in [1.165, 1.54) is 0 Å². The van der Waals surface area contributed by atoms with Gasteiger partial charge in [-0.25, -0.2) is 0 Å². The van der Waals surface area contributed by atoms with Gasteiger partial charge in [0.2, 0.25) is 0 Å². The van der Waals surface area contributed by atoms with Gasteiger partial charge in [-0.2, -0.15) is 0 Å². The van der Waals surface area contributed by atoms with Crippen molar-refractivity contribution in [1.29, 1.82) is 0 Å². The van der Waals surface area contributed by atoms with Crippen LogP contribution in [0.25, 0.3) is 21.5 Å². The van der Waals surface area contributed by atoms with Crippen molar-refractivity contribution in [2.24, 2.45) is 0 Å². The highest BCUT2D eigenvalue weighted by atomic mass is 32.5. The highest BCUT2D eigenvalue weighted by Crippen LogP contribution is 2.54. The summed E-state index contributed by atoms with van der Waals surface area (Å²) in [7, 11) is 0. The fraction of sp³-hybridized carbons (Fsp3) is 0.0714. The van der Waals surface area contributed by atoms with Crippen molar-refractivity contribution >= 4 is 40.1 Å². The maximum atomic E-state index is 6.42. The van der Waals surface area contributed by atoms with Crippen LogP contribution < -0.4 is 13.6 Å². The summed E-state index contributed by atoms with van der Waals surface area (Å²) in [5, 5.41) is 4.62. The molecular formula is C28H21O3PS. The minimum atomic E-state index is -3.21. The van der Waals surface area contributed by atoms with E-state index in [1.54, 1.807) is 0 Å². The fourth-order valence-electron chi connectivity index (χ4n) is 4.37. The Labute approximate surface area is 197 Å². The average Bonchev–Trinajstić information content (AvgIpc) is 2.82. The number of hydrogen-bond acceptors (Lipinski definition) is 4. The third kappa shape index (κ3) is 3.76. The first-order valence-electron chi connectivity index (χ1n) is 10.8. The van der Waals surface area contributed by atoms with Crippen molar-refractivity contribution in [3.63, 3.8) is 0 Å². The summed E-state index contributed by atoms with van der Waals surface area (Å²) < 4.78 is 19.1. The molecule has 1 heterocycles. The first-order valence-corrected chi connectivity index (χ1v) is 13.4. The Morgan fingerprint density at radius 3 is 1.73 bits per heavy atom. The van der Waals surface area contributed by atoms with Crippen molar-refractivity contribution in [3.8, 4) is 17.2 Å². The molecule has 0 radical (unpaired) electrons. The van der Waals surface area contributed by atoms with Gasteiger partial charge in [-0.3, -0.25) is 0 Å². The molecule has 0 aromatic heterocycles. The van der Waals surface area contributed by atoms with E-state index in [0.29, 0.717) is 23.7 Å². The molecule has 0 saturated heterocycles. The van der Waals surface area contributed by atoms with Crippen LogP contribution >= 0.6 is 6.72 Å². The molecule has 0 spiro atoms. The van der Waals surface area contributed by atoms with Crippen LogP contribution in [0.5, 0.6) is 17.2 Å². The van der Waals surface area contributed by atoms with E-state index >= 15 is 0 Å². The minimum absolute atomic E-state index is 0.634. The summed E-state index contributed by atoms with van der Waals surface area (Å²) in [4.78, 5) is 0. The van der Waals surface area contributed by atoms with E-state index in [-0.39, 0.29) is 0 Å². The molecule has 0 unspecified atom stereocenters. The predicted molar refractivity (Wildman–Crippen MR) is 138 cm³/mol.